The van der Waals surface area contributed by atoms with Crippen LogP contribution >= 0.6 is 23.1 Å². The van der Waals surface area contributed by atoms with Gasteiger partial charge in [0.15, 0.2) is 5.16 Å². The lowest BCUT2D eigenvalue weighted by molar-refractivity contribution is -0.119. The van der Waals surface area contributed by atoms with Crippen molar-refractivity contribution in [2.75, 3.05) is 5.75 Å². The monoisotopic (exact) mass is 374 g/mol. The number of hydrogen-bond donors (Lipinski definition) is 2. The molecule has 0 bridgehead atoms. The van der Waals surface area contributed by atoms with E-state index in [-0.39, 0.29) is 17.2 Å². The van der Waals surface area contributed by atoms with Crippen LogP contribution in [0, 0.1) is 0 Å². The summed E-state index contributed by atoms with van der Waals surface area (Å²) >= 11 is 2.41. The van der Waals surface area contributed by atoms with Crippen LogP contribution in [-0.2, 0) is 11.8 Å². The van der Waals surface area contributed by atoms with Crippen LogP contribution < -0.4 is 16.4 Å². The minimum atomic E-state index is -0.391. The van der Waals surface area contributed by atoms with Crippen molar-refractivity contribution in [3.8, 4) is 0 Å². The highest BCUT2D eigenvalue weighted by molar-refractivity contribution is 7.99. The number of carbonyl (C=O) groups is 2. The number of hydrazine groups is 1. The zero-order valence-corrected chi connectivity index (χ0v) is 14.8. The van der Waals surface area contributed by atoms with Gasteiger partial charge in [0.1, 0.15) is 0 Å². The van der Waals surface area contributed by atoms with Gasteiger partial charge in [-0.2, -0.15) is 0 Å². The number of nitrogens with zero attached hydrogens (tertiary/aromatic N) is 2. The maximum atomic E-state index is 12.3. The van der Waals surface area contributed by atoms with Crippen LogP contribution in [0.5, 0.6) is 0 Å². The van der Waals surface area contributed by atoms with E-state index in [1.807, 2.05) is 0 Å². The Morgan fingerprint density at radius 3 is 2.76 bits per heavy atom. The predicted octanol–water partition coefficient (Wildman–Crippen LogP) is 1.55. The normalized spacial score (nSPS) is 10.6. The zero-order chi connectivity index (χ0) is 17.8. The van der Waals surface area contributed by atoms with E-state index in [4.69, 9.17) is 0 Å². The molecule has 0 saturated carbocycles. The molecule has 2 aromatic heterocycles. The molecule has 2 heterocycles. The van der Waals surface area contributed by atoms with Crippen LogP contribution in [0.3, 0.4) is 0 Å². The average Bonchev–Trinajstić information content (AvgIpc) is 3.16. The molecule has 1 aromatic carbocycles. The number of hydrogen-bond acceptors (Lipinski definition) is 6. The van der Waals surface area contributed by atoms with Crippen molar-refractivity contribution >= 4 is 45.8 Å². The van der Waals surface area contributed by atoms with Gasteiger partial charge in [0.05, 0.1) is 21.5 Å². The highest BCUT2D eigenvalue weighted by Gasteiger charge is 2.12. The third-order valence-corrected chi connectivity index (χ3v) is 5.23. The summed E-state index contributed by atoms with van der Waals surface area (Å²) in [5, 5.41) is 2.74. The first-order valence-corrected chi connectivity index (χ1v) is 9.14. The number of para-hydroxylation sites is 1. The summed E-state index contributed by atoms with van der Waals surface area (Å²) in [7, 11) is 1.61. The summed E-state index contributed by atoms with van der Waals surface area (Å²) in [6.45, 7) is 0. The van der Waals surface area contributed by atoms with Gasteiger partial charge in [0.2, 0.25) is 5.91 Å². The van der Waals surface area contributed by atoms with Crippen LogP contribution in [0.15, 0.2) is 51.7 Å². The lowest BCUT2D eigenvalue weighted by atomic mass is 10.2. The maximum absolute atomic E-state index is 12.3. The predicted molar refractivity (Wildman–Crippen MR) is 97.6 cm³/mol. The number of carbonyl (C=O) groups excluding carboxylic acids is 2. The van der Waals surface area contributed by atoms with E-state index in [2.05, 4.69) is 15.8 Å². The Bertz CT molecular complexity index is 983. The van der Waals surface area contributed by atoms with Crippen molar-refractivity contribution < 1.29 is 9.59 Å². The minimum Gasteiger partial charge on any atom is -0.290 e. The number of rotatable bonds is 4. The quantitative estimate of drug-likeness (QED) is 0.411. The first-order chi connectivity index (χ1) is 12.1. The summed E-state index contributed by atoms with van der Waals surface area (Å²) < 4.78 is 1.41. The molecule has 0 atom stereocenters. The summed E-state index contributed by atoms with van der Waals surface area (Å²) in [5.74, 6) is -0.745. The van der Waals surface area contributed by atoms with Crippen molar-refractivity contribution in [1.29, 1.82) is 0 Å². The molecular formula is C16H14N4O3S2. The van der Waals surface area contributed by atoms with Gasteiger partial charge in [-0.05, 0) is 23.6 Å². The molecule has 2 N–H and O–H groups in total. The fourth-order valence-electron chi connectivity index (χ4n) is 2.09. The summed E-state index contributed by atoms with van der Waals surface area (Å²) in [4.78, 5) is 40.8. The second kappa shape index (κ2) is 7.49. The molecule has 128 valence electrons. The van der Waals surface area contributed by atoms with E-state index < -0.39 is 5.91 Å². The first kappa shape index (κ1) is 17.2. The smallest absolute Gasteiger partial charge is 0.279 e. The number of amides is 2. The van der Waals surface area contributed by atoms with E-state index in [1.54, 1.807) is 48.8 Å². The number of nitrogens with one attached hydrogen (secondary N) is 2. The van der Waals surface area contributed by atoms with Crippen LogP contribution in [-0.4, -0.2) is 27.1 Å². The second-order valence-electron chi connectivity index (χ2n) is 5.04. The van der Waals surface area contributed by atoms with Gasteiger partial charge in [-0.1, -0.05) is 30.0 Å². The molecule has 2 amide bonds. The fourth-order valence-corrected chi connectivity index (χ4v) is 3.48. The molecule has 3 aromatic rings. The number of thiophene rings is 1. The molecular weight excluding hydrogens is 360 g/mol. The number of fused-ring (bicyclic) bond motifs is 1. The van der Waals surface area contributed by atoms with Crippen molar-refractivity contribution in [3.63, 3.8) is 0 Å². The Kier molecular flexibility index (Phi) is 5.15. The van der Waals surface area contributed by atoms with Gasteiger partial charge >= 0.3 is 0 Å². The zero-order valence-electron chi connectivity index (χ0n) is 13.2. The van der Waals surface area contributed by atoms with Gasteiger partial charge in [0.25, 0.3) is 11.5 Å². The van der Waals surface area contributed by atoms with E-state index in [0.29, 0.717) is 20.9 Å². The molecule has 9 heteroatoms. The van der Waals surface area contributed by atoms with Gasteiger partial charge < -0.3 is 0 Å². The largest absolute Gasteiger partial charge is 0.290 e. The molecule has 0 aliphatic rings. The Morgan fingerprint density at radius 1 is 1.20 bits per heavy atom. The maximum Gasteiger partial charge on any atom is 0.279 e. The van der Waals surface area contributed by atoms with Crippen LogP contribution in [0.25, 0.3) is 10.9 Å². The third kappa shape index (κ3) is 3.89. The number of thioether (sulfide) groups is 1. The first-order valence-electron chi connectivity index (χ1n) is 7.27. The van der Waals surface area contributed by atoms with Gasteiger partial charge in [0, 0.05) is 7.05 Å². The third-order valence-electron chi connectivity index (χ3n) is 3.33. The Hall–Kier alpha value is -2.65. The summed E-state index contributed by atoms with van der Waals surface area (Å²) in [6, 6.07) is 10.5. The topological polar surface area (TPSA) is 93.1 Å². The van der Waals surface area contributed by atoms with Crippen molar-refractivity contribution in [1.82, 2.24) is 20.4 Å². The lowest BCUT2D eigenvalue weighted by Gasteiger charge is -2.09. The Balaban J connectivity index is 1.62. The average molecular weight is 374 g/mol. The molecule has 0 aliphatic carbocycles. The number of aromatic nitrogens is 2. The lowest BCUT2D eigenvalue weighted by Crippen LogP contribution is -2.42. The van der Waals surface area contributed by atoms with E-state index >= 15 is 0 Å². The molecule has 0 radical (unpaired) electrons. The molecule has 0 fully saturated rings. The van der Waals surface area contributed by atoms with Gasteiger partial charge in [-0.3, -0.25) is 29.8 Å². The summed E-state index contributed by atoms with van der Waals surface area (Å²) in [6.07, 6.45) is 0. The van der Waals surface area contributed by atoms with Crippen LogP contribution in [0.1, 0.15) is 9.67 Å². The van der Waals surface area contributed by atoms with Crippen LogP contribution in [0.2, 0.25) is 0 Å². The van der Waals surface area contributed by atoms with Crippen molar-refractivity contribution in [2.45, 2.75) is 5.16 Å². The molecule has 0 saturated heterocycles. The standard InChI is InChI=1S/C16H14N4O3S2/c1-20-15(23)10-5-2-3-6-11(10)17-16(20)25-9-13(21)18-19-14(22)12-7-4-8-24-12/h2-8H,9H2,1H3,(H,18,21)(H,19,22). The van der Waals surface area contributed by atoms with Crippen molar-refractivity contribution in [2.24, 2.45) is 7.05 Å². The fraction of sp³-hybridized carbons (Fsp3) is 0.125. The molecule has 25 heavy (non-hydrogen) atoms. The Labute approximate surface area is 151 Å². The molecule has 0 unspecified atom stereocenters. The highest BCUT2D eigenvalue weighted by atomic mass is 32.2. The molecule has 0 aliphatic heterocycles. The molecule has 3 rings (SSSR count). The SMILES string of the molecule is Cn1c(SCC(=O)NNC(=O)c2cccs2)nc2ccccc2c1=O. The number of benzene rings is 1. The van der Waals surface area contributed by atoms with Gasteiger partial charge in [-0.25, -0.2) is 4.98 Å². The van der Waals surface area contributed by atoms with Gasteiger partial charge in [-0.15, -0.1) is 11.3 Å². The van der Waals surface area contributed by atoms with E-state index in [0.717, 1.165) is 11.8 Å². The van der Waals surface area contributed by atoms with Crippen LogP contribution in [0.4, 0.5) is 0 Å². The van der Waals surface area contributed by atoms with E-state index in [1.165, 1.54) is 15.9 Å². The summed E-state index contributed by atoms with van der Waals surface area (Å²) in [5.41, 5.74) is 5.11. The molecule has 7 nitrogen and oxygen atoms in total. The Morgan fingerprint density at radius 2 is 2.00 bits per heavy atom. The molecule has 0 spiro atoms. The minimum absolute atomic E-state index is 0.0172. The van der Waals surface area contributed by atoms with E-state index in [9.17, 15) is 14.4 Å². The van der Waals surface area contributed by atoms with Crippen molar-refractivity contribution in [3.05, 3.63) is 57.0 Å². The second-order valence-corrected chi connectivity index (χ2v) is 6.93. The highest BCUT2D eigenvalue weighted by Crippen LogP contribution is 2.16.